The molecule has 1 N–H and O–H groups in total. The van der Waals surface area contributed by atoms with Gasteiger partial charge in [-0.2, -0.15) is 0 Å². The van der Waals surface area contributed by atoms with Crippen LogP contribution < -0.4 is 9.47 Å². The number of methoxy groups -OCH3 is 2. The van der Waals surface area contributed by atoms with Gasteiger partial charge in [-0.05, 0) is 36.4 Å². The second kappa shape index (κ2) is 6.72. The molecular formula is C18H17NO6S. The van der Waals surface area contributed by atoms with Gasteiger partial charge in [-0.25, -0.2) is 8.42 Å². The third-order valence-corrected chi connectivity index (χ3v) is 5.81. The number of aromatic nitrogens is 1. The first-order valence-corrected chi connectivity index (χ1v) is 9.13. The molecular weight excluding hydrogens is 358 g/mol. The van der Waals surface area contributed by atoms with E-state index in [2.05, 4.69) is 0 Å². The maximum Gasteiger partial charge on any atom is 0.323 e. The number of hydrogen-bond donors (Lipinski definition) is 1. The summed E-state index contributed by atoms with van der Waals surface area (Å²) in [6, 6.07) is 10.9. The fourth-order valence-electron chi connectivity index (χ4n) is 2.74. The number of nitrogens with zero attached hydrogens (tertiary/aromatic N) is 1. The molecule has 0 spiro atoms. The minimum absolute atomic E-state index is 0.0431. The molecule has 0 amide bonds. The average Bonchev–Trinajstić information content (AvgIpc) is 2.99. The van der Waals surface area contributed by atoms with Crippen LogP contribution in [0.2, 0.25) is 0 Å². The minimum Gasteiger partial charge on any atom is -0.497 e. The van der Waals surface area contributed by atoms with E-state index in [9.17, 15) is 13.2 Å². The van der Waals surface area contributed by atoms with Crippen molar-refractivity contribution in [3.05, 3.63) is 48.7 Å². The molecule has 0 radical (unpaired) electrons. The fraction of sp³-hybridized carbons (Fsp3) is 0.167. The van der Waals surface area contributed by atoms with E-state index >= 15 is 0 Å². The zero-order valence-corrected chi connectivity index (χ0v) is 15.0. The Hall–Kier alpha value is -3.00. The molecule has 3 rings (SSSR count). The van der Waals surface area contributed by atoms with Crippen LogP contribution in [-0.4, -0.2) is 38.3 Å². The van der Waals surface area contributed by atoms with Crippen molar-refractivity contribution in [1.29, 1.82) is 0 Å². The highest BCUT2D eigenvalue weighted by molar-refractivity contribution is 7.91. The lowest BCUT2D eigenvalue weighted by molar-refractivity contribution is -0.137. The largest absolute Gasteiger partial charge is 0.497 e. The summed E-state index contributed by atoms with van der Waals surface area (Å²) in [5, 5.41) is 9.56. The first kappa shape index (κ1) is 17.8. The number of rotatable bonds is 6. The van der Waals surface area contributed by atoms with E-state index in [4.69, 9.17) is 14.6 Å². The van der Waals surface area contributed by atoms with Gasteiger partial charge in [0.25, 0.3) is 0 Å². The van der Waals surface area contributed by atoms with E-state index in [0.717, 1.165) is 0 Å². The number of hydrogen-bond acceptors (Lipinski definition) is 5. The molecule has 7 nitrogen and oxygen atoms in total. The molecule has 0 fully saturated rings. The monoisotopic (exact) mass is 375 g/mol. The average molecular weight is 375 g/mol. The van der Waals surface area contributed by atoms with Gasteiger partial charge in [0.2, 0.25) is 9.84 Å². The summed E-state index contributed by atoms with van der Waals surface area (Å²) in [5.74, 6) is -0.0178. The lowest BCUT2D eigenvalue weighted by Gasteiger charge is -2.05. The first-order valence-electron chi connectivity index (χ1n) is 7.64. The second-order valence-corrected chi connectivity index (χ2v) is 7.50. The van der Waals surface area contributed by atoms with Gasteiger partial charge in [0.1, 0.15) is 18.0 Å². The molecule has 0 aliphatic carbocycles. The van der Waals surface area contributed by atoms with Crippen LogP contribution in [0.1, 0.15) is 0 Å². The quantitative estimate of drug-likeness (QED) is 0.712. The topological polar surface area (TPSA) is 94.8 Å². The first-order chi connectivity index (χ1) is 12.4. The molecule has 0 aliphatic heterocycles. The molecule has 1 aromatic heterocycles. The van der Waals surface area contributed by atoms with E-state index < -0.39 is 15.8 Å². The molecule has 0 saturated heterocycles. The Bertz CT molecular complexity index is 1070. The van der Waals surface area contributed by atoms with Crippen LogP contribution >= 0.6 is 0 Å². The zero-order valence-electron chi connectivity index (χ0n) is 14.2. The van der Waals surface area contributed by atoms with Crippen molar-refractivity contribution in [2.45, 2.75) is 16.3 Å². The van der Waals surface area contributed by atoms with E-state index in [1.54, 1.807) is 30.3 Å². The lowest BCUT2D eigenvalue weighted by Crippen LogP contribution is -2.07. The summed E-state index contributed by atoms with van der Waals surface area (Å²) in [7, 11) is -0.852. The smallest absolute Gasteiger partial charge is 0.323 e. The highest BCUT2D eigenvalue weighted by atomic mass is 32.2. The highest BCUT2D eigenvalue weighted by Gasteiger charge is 2.24. The molecule has 0 aliphatic rings. The molecule has 26 heavy (non-hydrogen) atoms. The van der Waals surface area contributed by atoms with Crippen LogP contribution in [0.15, 0.2) is 58.5 Å². The Morgan fingerprint density at radius 3 is 2.23 bits per heavy atom. The standard InChI is InChI=1S/C18H17NO6S/c1-24-12-3-6-14(7-4-12)26(22,23)17-10-19(11-18(20)21)16-9-13(25-2)5-8-15(16)17/h3-10H,11H2,1-2H3,(H,20,21). The summed E-state index contributed by atoms with van der Waals surface area (Å²) >= 11 is 0. The Balaban J connectivity index is 2.21. The summed E-state index contributed by atoms with van der Waals surface area (Å²) in [6.07, 6.45) is 1.35. The Labute approximate surface area is 150 Å². The lowest BCUT2D eigenvalue weighted by atomic mass is 10.2. The number of aliphatic carboxylic acids is 1. The van der Waals surface area contributed by atoms with Gasteiger partial charge in [0.15, 0.2) is 0 Å². The Kier molecular flexibility index (Phi) is 4.60. The molecule has 1 heterocycles. The summed E-state index contributed by atoms with van der Waals surface area (Å²) < 4.78 is 37.7. The van der Waals surface area contributed by atoms with Crippen LogP contribution in [0.25, 0.3) is 10.9 Å². The number of carbonyl (C=O) groups is 1. The normalized spacial score (nSPS) is 11.5. The number of sulfone groups is 1. The number of benzene rings is 2. The Morgan fingerprint density at radius 1 is 1.04 bits per heavy atom. The third-order valence-electron chi connectivity index (χ3n) is 4.02. The van der Waals surface area contributed by atoms with E-state index in [0.29, 0.717) is 22.4 Å². The van der Waals surface area contributed by atoms with Crippen molar-refractivity contribution in [3.8, 4) is 11.5 Å². The maximum atomic E-state index is 13.1. The third kappa shape index (κ3) is 3.11. The van der Waals surface area contributed by atoms with Crippen LogP contribution in [0.5, 0.6) is 11.5 Å². The maximum absolute atomic E-state index is 13.1. The Morgan fingerprint density at radius 2 is 1.65 bits per heavy atom. The van der Waals surface area contributed by atoms with Crippen molar-refractivity contribution >= 4 is 26.7 Å². The van der Waals surface area contributed by atoms with E-state index in [1.807, 2.05) is 0 Å². The van der Waals surface area contributed by atoms with Gasteiger partial charge < -0.3 is 19.1 Å². The van der Waals surface area contributed by atoms with Gasteiger partial charge in [0, 0.05) is 17.6 Å². The molecule has 0 atom stereocenters. The van der Waals surface area contributed by atoms with Crippen molar-refractivity contribution in [1.82, 2.24) is 4.57 Å². The molecule has 0 bridgehead atoms. The SMILES string of the molecule is COc1ccc(S(=O)(=O)c2cn(CC(=O)O)c3cc(OC)ccc23)cc1. The summed E-state index contributed by atoms with van der Waals surface area (Å²) in [4.78, 5) is 11.3. The zero-order chi connectivity index (χ0) is 18.9. The fourth-order valence-corrected chi connectivity index (χ4v) is 4.21. The number of ether oxygens (including phenoxy) is 2. The van der Waals surface area contributed by atoms with Crippen molar-refractivity contribution in [2.75, 3.05) is 14.2 Å². The summed E-state index contributed by atoms with van der Waals surface area (Å²) in [5.41, 5.74) is 0.471. The molecule has 0 saturated carbocycles. The summed E-state index contributed by atoms with van der Waals surface area (Å²) in [6.45, 7) is -0.359. The number of carboxylic acid groups (broad SMARTS) is 1. The molecule has 8 heteroatoms. The van der Waals surface area contributed by atoms with Gasteiger partial charge in [-0.1, -0.05) is 0 Å². The van der Waals surface area contributed by atoms with Crippen LogP contribution in [-0.2, 0) is 21.2 Å². The molecule has 0 unspecified atom stereocenters. The van der Waals surface area contributed by atoms with Gasteiger partial charge in [0.05, 0.1) is 29.5 Å². The second-order valence-electron chi connectivity index (χ2n) is 5.58. The van der Waals surface area contributed by atoms with Crippen molar-refractivity contribution in [2.24, 2.45) is 0 Å². The molecule has 3 aromatic rings. The number of fused-ring (bicyclic) bond motifs is 1. The predicted molar refractivity (Wildman–Crippen MR) is 94.6 cm³/mol. The van der Waals surface area contributed by atoms with Crippen molar-refractivity contribution < 1.29 is 27.8 Å². The molecule has 2 aromatic carbocycles. The molecule has 136 valence electrons. The predicted octanol–water partition coefficient (Wildman–Crippen LogP) is 2.58. The minimum atomic E-state index is -3.84. The van der Waals surface area contributed by atoms with E-state index in [-0.39, 0.29) is 16.3 Å². The van der Waals surface area contributed by atoms with E-state index in [1.165, 1.54) is 37.1 Å². The number of carboxylic acids is 1. The van der Waals surface area contributed by atoms with Crippen LogP contribution in [0.4, 0.5) is 0 Å². The highest BCUT2D eigenvalue weighted by Crippen LogP contribution is 2.33. The van der Waals surface area contributed by atoms with Gasteiger partial charge >= 0.3 is 5.97 Å². The van der Waals surface area contributed by atoms with Crippen molar-refractivity contribution in [3.63, 3.8) is 0 Å². The van der Waals surface area contributed by atoms with Crippen LogP contribution in [0, 0.1) is 0 Å². The van der Waals surface area contributed by atoms with Crippen LogP contribution in [0.3, 0.4) is 0 Å². The van der Waals surface area contributed by atoms with Gasteiger partial charge in [-0.15, -0.1) is 0 Å². The van der Waals surface area contributed by atoms with Gasteiger partial charge in [-0.3, -0.25) is 4.79 Å².